The Morgan fingerprint density at radius 3 is 2.15 bits per heavy atom. The van der Waals surface area contributed by atoms with E-state index in [2.05, 4.69) is 5.10 Å². The third-order valence-electron chi connectivity index (χ3n) is 1.42. The molecule has 70 valence electrons. The molecule has 0 saturated heterocycles. The highest BCUT2D eigenvalue weighted by molar-refractivity contribution is 6.30. The van der Waals surface area contributed by atoms with E-state index in [1.807, 2.05) is 51.6 Å². The second-order valence-corrected chi connectivity index (χ2v) is 4.17. The molecule has 0 unspecified atom stereocenters. The van der Waals surface area contributed by atoms with Crippen LogP contribution in [0.4, 0.5) is 0 Å². The number of hydrogen-bond donors (Lipinski definition) is 0. The quantitative estimate of drug-likeness (QED) is 0.392. The summed E-state index contributed by atoms with van der Waals surface area (Å²) in [5.74, 6) is 0. The minimum absolute atomic E-state index is 0.572. The summed E-state index contributed by atoms with van der Waals surface area (Å²) in [6, 6.07) is 7.61. The number of rotatable bonds is 2. The van der Waals surface area contributed by atoms with Crippen LogP contribution in [0.5, 0.6) is 0 Å². The Morgan fingerprint density at radius 1 is 1.15 bits per heavy atom. The van der Waals surface area contributed by atoms with E-state index < -0.39 is 0 Å². The first-order valence-electron chi connectivity index (χ1n) is 4.10. The Balaban J connectivity index is 2.75. The summed E-state index contributed by atoms with van der Waals surface area (Å²) in [5, 5.41) is 5.08. The molecule has 0 aliphatic carbocycles. The predicted octanol–water partition coefficient (Wildman–Crippen LogP) is 2.38. The smallest absolute Gasteiger partial charge is 0.0923 e. The molecule has 3 heteroatoms. The third kappa shape index (κ3) is 4.06. The molecule has 0 aliphatic heterocycles. The number of benzene rings is 1. The Hall–Kier alpha value is -0.860. The van der Waals surface area contributed by atoms with Gasteiger partial charge in [-0.3, -0.25) is 0 Å². The molecule has 0 aliphatic rings. The van der Waals surface area contributed by atoms with E-state index in [0.29, 0.717) is 4.59 Å². The summed E-state index contributed by atoms with van der Waals surface area (Å²) in [6.07, 6.45) is 1.84. The van der Waals surface area contributed by atoms with E-state index in [1.54, 1.807) is 0 Å². The van der Waals surface area contributed by atoms with E-state index in [9.17, 15) is 0 Å². The van der Waals surface area contributed by atoms with E-state index in [4.69, 9.17) is 11.6 Å². The van der Waals surface area contributed by atoms with Crippen LogP contribution in [0.1, 0.15) is 5.56 Å². The summed E-state index contributed by atoms with van der Waals surface area (Å²) < 4.78 is 0.572. The number of halogens is 1. The zero-order valence-electron chi connectivity index (χ0n) is 8.16. The van der Waals surface area contributed by atoms with Crippen LogP contribution in [-0.2, 0) is 0 Å². The van der Waals surface area contributed by atoms with Gasteiger partial charge in [-0.15, -0.1) is 0 Å². The lowest BCUT2D eigenvalue weighted by Crippen LogP contribution is -2.27. The first-order valence-corrected chi connectivity index (χ1v) is 4.48. The Morgan fingerprint density at radius 2 is 1.69 bits per heavy atom. The minimum atomic E-state index is 0.572. The highest BCUT2D eigenvalue weighted by Crippen LogP contribution is 2.08. The molecule has 0 spiro atoms. The molecule has 0 heterocycles. The van der Waals surface area contributed by atoms with Crippen LogP contribution >= 0.6 is 11.6 Å². The second kappa shape index (κ2) is 3.90. The Labute approximate surface area is 84.0 Å². The topological polar surface area (TPSA) is 12.4 Å². The van der Waals surface area contributed by atoms with E-state index >= 15 is 0 Å². The molecule has 1 aromatic rings. The monoisotopic (exact) mass is 197 g/mol. The van der Waals surface area contributed by atoms with Gasteiger partial charge in [0.25, 0.3) is 0 Å². The van der Waals surface area contributed by atoms with Gasteiger partial charge in [-0.25, -0.2) is 4.59 Å². The van der Waals surface area contributed by atoms with Gasteiger partial charge in [0.1, 0.15) is 0 Å². The largest absolute Gasteiger partial charge is 0.205 e. The fraction of sp³-hybridized carbons (Fsp3) is 0.300. The lowest BCUT2D eigenvalue weighted by atomic mass is 10.2. The van der Waals surface area contributed by atoms with Crippen molar-refractivity contribution in [2.24, 2.45) is 5.10 Å². The van der Waals surface area contributed by atoms with Crippen LogP contribution in [0.3, 0.4) is 0 Å². The number of hydrogen-bond acceptors (Lipinski definition) is 1. The van der Waals surface area contributed by atoms with Crippen molar-refractivity contribution < 1.29 is 4.59 Å². The maximum Gasteiger partial charge on any atom is 0.0923 e. The van der Waals surface area contributed by atoms with E-state index in [0.717, 1.165) is 10.6 Å². The molecular weight excluding hydrogens is 184 g/mol. The maximum absolute atomic E-state index is 5.75. The van der Waals surface area contributed by atoms with Crippen molar-refractivity contribution >= 4 is 17.8 Å². The van der Waals surface area contributed by atoms with Gasteiger partial charge in [0.15, 0.2) is 0 Å². The van der Waals surface area contributed by atoms with Crippen molar-refractivity contribution in [3.05, 3.63) is 34.9 Å². The third-order valence-corrected chi connectivity index (χ3v) is 1.68. The van der Waals surface area contributed by atoms with E-state index in [1.165, 1.54) is 0 Å². The molecule has 1 rings (SSSR count). The average Bonchev–Trinajstić information content (AvgIpc) is 2.02. The van der Waals surface area contributed by atoms with Gasteiger partial charge in [-0.05, 0) is 17.7 Å². The minimum Gasteiger partial charge on any atom is -0.205 e. The van der Waals surface area contributed by atoms with Crippen molar-refractivity contribution in [1.29, 1.82) is 0 Å². The van der Waals surface area contributed by atoms with Gasteiger partial charge < -0.3 is 0 Å². The highest BCUT2D eigenvalue weighted by Gasteiger charge is 2.01. The van der Waals surface area contributed by atoms with Crippen LogP contribution in [-0.4, -0.2) is 31.9 Å². The van der Waals surface area contributed by atoms with Gasteiger partial charge >= 0.3 is 0 Å². The zero-order chi connectivity index (χ0) is 9.90. The van der Waals surface area contributed by atoms with Gasteiger partial charge in [-0.2, -0.15) is 0 Å². The molecule has 0 aromatic heterocycles. The second-order valence-electron chi connectivity index (χ2n) is 3.74. The zero-order valence-corrected chi connectivity index (χ0v) is 8.92. The Bertz CT molecular complexity index is 296. The van der Waals surface area contributed by atoms with Crippen LogP contribution in [0.2, 0.25) is 5.02 Å². The van der Waals surface area contributed by atoms with Crippen LogP contribution < -0.4 is 0 Å². The molecule has 0 amide bonds. The van der Waals surface area contributed by atoms with Gasteiger partial charge in [0.05, 0.1) is 27.4 Å². The molecular formula is C10H14ClN2+. The lowest BCUT2D eigenvalue weighted by Gasteiger charge is -2.14. The molecule has 0 saturated carbocycles. The van der Waals surface area contributed by atoms with Crippen LogP contribution in [0.25, 0.3) is 0 Å². The first kappa shape index (κ1) is 10.2. The molecule has 0 N–H and O–H groups in total. The van der Waals surface area contributed by atoms with Crippen molar-refractivity contribution in [3.63, 3.8) is 0 Å². The van der Waals surface area contributed by atoms with Crippen LogP contribution in [0.15, 0.2) is 29.4 Å². The van der Waals surface area contributed by atoms with Gasteiger partial charge in [-0.1, -0.05) is 28.8 Å². The molecule has 0 fully saturated rings. The maximum atomic E-state index is 5.75. The van der Waals surface area contributed by atoms with Gasteiger partial charge in [0, 0.05) is 5.02 Å². The normalized spacial score (nSPS) is 12.3. The molecule has 0 bridgehead atoms. The Kier molecular flexibility index (Phi) is 3.07. The lowest BCUT2D eigenvalue weighted by molar-refractivity contribution is -0.876. The van der Waals surface area contributed by atoms with Crippen molar-refractivity contribution in [3.8, 4) is 0 Å². The number of quaternary nitrogens is 1. The predicted molar refractivity (Wildman–Crippen MR) is 57.1 cm³/mol. The van der Waals surface area contributed by atoms with Crippen molar-refractivity contribution in [2.75, 3.05) is 21.1 Å². The fourth-order valence-electron chi connectivity index (χ4n) is 0.789. The molecule has 0 radical (unpaired) electrons. The summed E-state index contributed by atoms with van der Waals surface area (Å²) in [4.78, 5) is 0. The summed E-state index contributed by atoms with van der Waals surface area (Å²) in [5.41, 5.74) is 1.07. The summed E-state index contributed by atoms with van der Waals surface area (Å²) in [6.45, 7) is 0. The van der Waals surface area contributed by atoms with E-state index in [-0.39, 0.29) is 0 Å². The van der Waals surface area contributed by atoms with Crippen molar-refractivity contribution in [1.82, 2.24) is 0 Å². The molecule has 1 aromatic carbocycles. The van der Waals surface area contributed by atoms with Gasteiger partial charge in [0.2, 0.25) is 0 Å². The van der Waals surface area contributed by atoms with Crippen LogP contribution in [0, 0.1) is 0 Å². The summed E-state index contributed by atoms with van der Waals surface area (Å²) in [7, 11) is 6.02. The molecule has 0 atom stereocenters. The molecule has 13 heavy (non-hydrogen) atoms. The molecule has 2 nitrogen and oxygen atoms in total. The van der Waals surface area contributed by atoms with Crippen molar-refractivity contribution in [2.45, 2.75) is 0 Å². The highest BCUT2D eigenvalue weighted by atomic mass is 35.5. The average molecular weight is 198 g/mol. The SMILES string of the molecule is C[N+](C)(C)N=Cc1ccc(Cl)cc1. The fourth-order valence-corrected chi connectivity index (χ4v) is 0.915. The summed E-state index contributed by atoms with van der Waals surface area (Å²) >= 11 is 5.75. The first-order chi connectivity index (χ1) is 5.97. The standard InChI is InChI=1S/C10H14ClN2/c1-13(2,3)12-8-9-4-6-10(11)7-5-9/h4-8H,1-3H3/q+1. The number of nitrogens with zero attached hydrogens (tertiary/aromatic N) is 2.